The second kappa shape index (κ2) is 5.83. The number of hydrogen-bond acceptors (Lipinski definition) is 2. The van der Waals surface area contributed by atoms with Crippen LogP contribution in [-0.4, -0.2) is 25.4 Å². The molecule has 2 aliphatic rings. The Hall–Kier alpha value is -0.340. The van der Waals surface area contributed by atoms with Crippen LogP contribution in [0.25, 0.3) is 0 Å². The maximum atomic E-state index is 6.17. The lowest BCUT2D eigenvalue weighted by atomic mass is 9.93. The molecule has 0 saturated heterocycles. The molecule has 0 aromatic carbocycles. The van der Waals surface area contributed by atoms with Crippen LogP contribution in [0.4, 0.5) is 0 Å². The Morgan fingerprint density at radius 3 is 2.25 bits per heavy atom. The summed E-state index contributed by atoms with van der Waals surface area (Å²) in [5.74, 6) is 0. The fraction of sp³-hybridized carbons (Fsp3) is 0.857. The highest BCUT2D eigenvalue weighted by atomic mass is 16.5. The molecule has 0 aromatic rings. The van der Waals surface area contributed by atoms with Gasteiger partial charge in [0.2, 0.25) is 0 Å². The third kappa shape index (κ3) is 3.33. The number of hydrogen-bond donors (Lipinski definition) is 0. The third-order valence-electron chi connectivity index (χ3n) is 3.93. The molecular formula is C14H24O2. The van der Waals surface area contributed by atoms with Crippen molar-refractivity contribution in [1.82, 2.24) is 0 Å². The van der Waals surface area contributed by atoms with Gasteiger partial charge in [0.1, 0.15) is 0 Å². The highest BCUT2D eigenvalue weighted by molar-refractivity contribution is 5.03. The molecule has 16 heavy (non-hydrogen) atoms. The molecule has 2 nitrogen and oxygen atoms in total. The molecule has 1 atom stereocenters. The van der Waals surface area contributed by atoms with E-state index in [1.165, 1.54) is 44.1 Å². The van der Waals surface area contributed by atoms with Gasteiger partial charge in [0.15, 0.2) is 0 Å². The van der Waals surface area contributed by atoms with Crippen molar-refractivity contribution in [2.24, 2.45) is 0 Å². The maximum absolute atomic E-state index is 6.17. The van der Waals surface area contributed by atoms with E-state index in [2.05, 4.69) is 13.0 Å². The molecule has 0 amide bonds. The molecule has 0 aromatic heterocycles. The van der Waals surface area contributed by atoms with E-state index in [9.17, 15) is 0 Å². The molecule has 2 rings (SSSR count). The first-order valence-corrected chi connectivity index (χ1v) is 6.62. The predicted molar refractivity (Wildman–Crippen MR) is 65.5 cm³/mol. The zero-order chi connectivity index (χ0) is 11.4. The number of methoxy groups -OCH3 is 1. The summed E-state index contributed by atoms with van der Waals surface area (Å²) in [6, 6.07) is 0. The minimum Gasteiger partial charge on any atom is -0.381 e. The van der Waals surface area contributed by atoms with E-state index >= 15 is 0 Å². The number of rotatable bonds is 3. The van der Waals surface area contributed by atoms with Crippen LogP contribution in [0.1, 0.15) is 51.9 Å². The quantitative estimate of drug-likeness (QED) is 0.683. The molecule has 0 spiro atoms. The van der Waals surface area contributed by atoms with Crippen LogP contribution in [0, 0.1) is 0 Å². The second-order valence-corrected chi connectivity index (χ2v) is 5.22. The molecule has 2 heteroatoms. The summed E-state index contributed by atoms with van der Waals surface area (Å²) in [5.41, 5.74) is 1.53. The molecule has 1 fully saturated rings. The summed E-state index contributed by atoms with van der Waals surface area (Å²) in [6.45, 7) is 2.22. The van der Waals surface area contributed by atoms with Crippen LogP contribution in [0.5, 0.6) is 0 Å². The summed E-state index contributed by atoms with van der Waals surface area (Å²) in [6.07, 6.45) is 12.0. The van der Waals surface area contributed by atoms with Crippen LogP contribution in [0.3, 0.4) is 0 Å². The van der Waals surface area contributed by atoms with E-state index in [-0.39, 0.29) is 0 Å². The van der Waals surface area contributed by atoms with Crippen molar-refractivity contribution in [2.75, 3.05) is 7.11 Å². The monoisotopic (exact) mass is 224 g/mol. The van der Waals surface area contributed by atoms with Gasteiger partial charge in [0.25, 0.3) is 0 Å². The van der Waals surface area contributed by atoms with Gasteiger partial charge in [0, 0.05) is 7.11 Å². The Morgan fingerprint density at radius 1 is 1.00 bits per heavy atom. The summed E-state index contributed by atoms with van der Waals surface area (Å²) >= 11 is 0. The lowest BCUT2D eigenvalue weighted by molar-refractivity contribution is -0.0569. The van der Waals surface area contributed by atoms with E-state index in [4.69, 9.17) is 9.47 Å². The summed E-state index contributed by atoms with van der Waals surface area (Å²) in [7, 11) is 1.82. The number of allylic oxidation sites excluding steroid dienone is 1. The molecule has 1 saturated carbocycles. The van der Waals surface area contributed by atoms with Crippen molar-refractivity contribution in [3.8, 4) is 0 Å². The zero-order valence-corrected chi connectivity index (χ0v) is 10.6. The molecule has 0 radical (unpaired) electrons. The van der Waals surface area contributed by atoms with Crippen molar-refractivity contribution in [3.63, 3.8) is 0 Å². The summed E-state index contributed by atoms with van der Waals surface area (Å²) in [4.78, 5) is 0. The van der Waals surface area contributed by atoms with Gasteiger partial charge in [-0.1, -0.05) is 11.6 Å². The van der Waals surface area contributed by atoms with Crippen molar-refractivity contribution in [2.45, 2.75) is 70.2 Å². The van der Waals surface area contributed by atoms with Crippen molar-refractivity contribution in [3.05, 3.63) is 11.6 Å². The Balaban J connectivity index is 1.71. The minimum absolute atomic E-state index is 0.479. The molecule has 2 aliphatic carbocycles. The zero-order valence-electron chi connectivity index (χ0n) is 10.6. The average molecular weight is 224 g/mol. The lowest BCUT2D eigenvalue weighted by Crippen LogP contribution is -2.30. The van der Waals surface area contributed by atoms with Crippen molar-refractivity contribution >= 4 is 0 Å². The normalized spacial score (nSPS) is 35.9. The van der Waals surface area contributed by atoms with E-state index in [0.717, 1.165) is 6.42 Å². The average Bonchev–Trinajstić information content (AvgIpc) is 2.33. The topological polar surface area (TPSA) is 18.5 Å². The van der Waals surface area contributed by atoms with Gasteiger partial charge in [-0.25, -0.2) is 0 Å². The van der Waals surface area contributed by atoms with Gasteiger partial charge in [-0.05, 0) is 51.9 Å². The van der Waals surface area contributed by atoms with E-state index in [1.807, 2.05) is 7.11 Å². The molecule has 92 valence electrons. The standard InChI is InChI=1S/C14H24O2/c1-11-3-5-13(6-4-11)16-14-9-7-12(15-2)8-10-14/h3,12-14H,4-10H2,1-2H3. The molecule has 0 heterocycles. The van der Waals surface area contributed by atoms with Crippen LogP contribution in [0.2, 0.25) is 0 Å². The van der Waals surface area contributed by atoms with E-state index < -0.39 is 0 Å². The Kier molecular flexibility index (Phi) is 4.42. The largest absolute Gasteiger partial charge is 0.381 e. The second-order valence-electron chi connectivity index (χ2n) is 5.22. The molecule has 0 N–H and O–H groups in total. The third-order valence-corrected chi connectivity index (χ3v) is 3.93. The fourth-order valence-corrected chi connectivity index (χ4v) is 2.74. The molecule has 1 unspecified atom stereocenters. The van der Waals surface area contributed by atoms with E-state index in [1.54, 1.807) is 0 Å². The number of ether oxygens (including phenoxy) is 2. The van der Waals surface area contributed by atoms with Crippen LogP contribution in [0.15, 0.2) is 11.6 Å². The smallest absolute Gasteiger partial charge is 0.0616 e. The van der Waals surface area contributed by atoms with Gasteiger partial charge in [-0.2, -0.15) is 0 Å². The van der Waals surface area contributed by atoms with Crippen molar-refractivity contribution < 1.29 is 9.47 Å². The Bertz CT molecular complexity index is 239. The van der Waals surface area contributed by atoms with Gasteiger partial charge in [-0.3, -0.25) is 0 Å². The molecular weight excluding hydrogens is 200 g/mol. The predicted octanol–water partition coefficient (Wildman–Crippen LogP) is 3.46. The summed E-state index contributed by atoms with van der Waals surface area (Å²) in [5, 5.41) is 0. The van der Waals surface area contributed by atoms with Gasteiger partial charge >= 0.3 is 0 Å². The van der Waals surface area contributed by atoms with Gasteiger partial charge < -0.3 is 9.47 Å². The van der Waals surface area contributed by atoms with Crippen LogP contribution >= 0.6 is 0 Å². The first kappa shape index (κ1) is 12.1. The highest BCUT2D eigenvalue weighted by Gasteiger charge is 2.24. The van der Waals surface area contributed by atoms with Crippen LogP contribution < -0.4 is 0 Å². The van der Waals surface area contributed by atoms with Gasteiger partial charge in [0.05, 0.1) is 18.3 Å². The first-order valence-electron chi connectivity index (χ1n) is 6.62. The molecule has 0 bridgehead atoms. The molecule has 0 aliphatic heterocycles. The first-order chi connectivity index (χ1) is 7.78. The fourth-order valence-electron chi connectivity index (χ4n) is 2.74. The lowest BCUT2D eigenvalue weighted by Gasteiger charge is -2.31. The SMILES string of the molecule is COC1CCC(OC2CC=C(C)CC2)CC1. The van der Waals surface area contributed by atoms with Crippen LogP contribution in [-0.2, 0) is 9.47 Å². The van der Waals surface area contributed by atoms with E-state index in [0.29, 0.717) is 18.3 Å². The summed E-state index contributed by atoms with van der Waals surface area (Å²) < 4.78 is 11.6. The minimum atomic E-state index is 0.479. The van der Waals surface area contributed by atoms with Crippen molar-refractivity contribution in [1.29, 1.82) is 0 Å². The van der Waals surface area contributed by atoms with Gasteiger partial charge in [-0.15, -0.1) is 0 Å². The highest BCUT2D eigenvalue weighted by Crippen LogP contribution is 2.27. The Morgan fingerprint density at radius 2 is 1.69 bits per heavy atom. The Labute approximate surface area is 99.0 Å². The maximum Gasteiger partial charge on any atom is 0.0616 e.